The number of benzene rings is 1. The maximum absolute atomic E-state index is 13.9. The minimum absolute atomic E-state index is 0.0436. The number of rotatable bonds is 4. The summed E-state index contributed by atoms with van der Waals surface area (Å²) in [6, 6.07) is 7.66. The third-order valence-corrected chi connectivity index (χ3v) is 3.12. The third-order valence-electron chi connectivity index (χ3n) is 3.12. The van der Waals surface area contributed by atoms with Gasteiger partial charge in [0, 0.05) is 12.5 Å². The van der Waals surface area contributed by atoms with Gasteiger partial charge in [-0.2, -0.15) is 0 Å². The topological polar surface area (TPSA) is 21.3 Å². The molecular weight excluding hydrogens is 205 g/mol. The molecule has 88 valence electrons. The highest BCUT2D eigenvalue weighted by Crippen LogP contribution is 2.18. The molecule has 16 heavy (non-hydrogen) atoms. The van der Waals surface area contributed by atoms with Crippen LogP contribution >= 0.6 is 0 Å². The number of hydrogen-bond donors (Lipinski definition) is 1. The molecule has 1 aromatic carbocycles. The van der Waals surface area contributed by atoms with Gasteiger partial charge in [0.05, 0.1) is 7.11 Å². The van der Waals surface area contributed by atoms with Crippen molar-refractivity contribution in [1.82, 2.24) is 5.32 Å². The van der Waals surface area contributed by atoms with E-state index >= 15 is 0 Å². The van der Waals surface area contributed by atoms with Gasteiger partial charge >= 0.3 is 0 Å². The van der Waals surface area contributed by atoms with Crippen molar-refractivity contribution < 1.29 is 9.13 Å². The third kappa shape index (κ3) is 2.73. The van der Waals surface area contributed by atoms with Crippen LogP contribution in [0.15, 0.2) is 24.3 Å². The van der Waals surface area contributed by atoms with E-state index in [1.165, 1.54) is 0 Å². The fourth-order valence-electron chi connectivity index (χ4n) is 2.15. The predicted octanol–water partition coefficient (Wildman–Crippen LogP) is 2.33. The molecule has 0 amide bonds. The maximum Gasteiger partial charge on any atom is 0.119 e. The van der Waals surface area contributed by atoms with Gasteiger partial charge in [0.25, 0.3) is 0 Å². The molecule has 1 saturated heterocycles. The Kier molecular flexibility index (Phi) is 3.78. The fraction of sp³-hybridized carbons (Fsp3) is 0.538. The van der Waals surface area contributed by atoms with E-state index in [-0.39, 0.29) is 6.04 Å². The van der Waals surface area contributed by atoms with Crippen molar-refractivity contribution in [2.45, 2.75) is 31.5 Å². The molecule has 0 spiro atoms. The normalized spacial score (nSPS) is 22.0. The zero-order chi connectivity index (χ0) is 11.4. The van der Waals surface area contributed by atoms with Crippen molar-refractivity contribution in [2.75, 3.05) is 13.7 Å². The number of alkyl halides is 1. The second-order valence-electron chi connectivity index (χ2n) is 4.27. The van der Waals surface area contributed by atoms with Crippen LogP contribution in [0.4, 0.5) is 4.39 Å². The number of methoxy groups -OCH3 is 1. The molecule has 0 saturated carbocycles. The van der Waals surface area contributed by atoms with Crippen molar-refractivity contribution in [3.05, 3.63) is 29.8 Å². The molecule has 2 nitrogen and oxygen atoms in total. The lowest BCUT2D eigenvalue weighted by molar-refractivity contribution is 0.263. The Balaban J connectivity index is 1.92. The number of hydrogen-bond acceptors (Lipinski definition) is 2. The summed E-state index contributed by atoms with van der Waals surface area (Å²) in [6.07, 6.45) is 1.75. The Morgan fingerprint density at radius 3 is 2.75 bits per heavy atom. The molecule has 0 bridgehead atoms. The first-order valence-corrected chi connectivity index (χ1v) is 5.80. The Hall–Kier alpha value is -1.09. The van der Waals surface area contributed by atoms with E-state index in [4.69, 9.17) is 4.74 Å². The molecule has 0 aliphatic carbocycles. The summed E-state index contributed by atoms with van der Waals surface area (Å²) in [7, 11) is 1.63. The number of ether oxygens (including phenoxy) is 1. The van der Waals surface area contributed by atoms with Crippen LogP contribution in [0.2, 0.25) is 0 Å². The molecule has 1 aromatic rings. The lowest BCUT2D eigenvalue weighted by Gasteiger charge is -2.16. The minimum atomic E-state index is -0.782. The minimum Gasteiger partial charge on any atom is -0.497 e. The first-order chi connectivity index (χ1) is 7.79. The van der Waals surface area contributed by atoms with Crippen molar-refractivity contribution >= 4 is 0 Å². The van der Waals surface area contributed by atoms with Crippen LogP contribution in [-0.2, 0) is 6.42 Å². The van der Waals surface area contributed by atoms with Crippen molar-refractivity contribution in [2.24, 2.45) is 0 Å². The molecule has 1 N–H and O–H groups in total. The summed E-state index contributed by atoms with van der Waals surface area (Å²) in [6.45, 7) is 0.952. The Bertz CT molecular complexity index is 319. The molecule has 0 aromatic heterocycles. The average molecular weight is 223 g/mol. The van der Waals surface area contributed by atoms with E-state index in [0.29, 0.717) is 6.42 Å². The Morgan fingerprint density at radius 1 is 1.44 bits per heavy atom. The summed E-state index contributed by atoms with van der Waals surface area (Å²) < 4.78 is 19.0. The standard InChI is InChI=1S/C13H18FNO/c1-16-11-6-4-10(5-7-11)9-12(14)13-3-2-8-15-13/h4-7,12-13,15H,2-3,8-9H2,1H3. The molecule has 2 unspecified atom stereocenters. The van der Waals surface area contributed by atoms with Gasteiger partial charge in [-0.1, -0.05) is 12.1 Å². The van der Waals surface area contributed by atoms with E-state index in [1.807, 2.05) is 24.3 Å². The molecule has 0 radical (unpaired) electrons. The quantitative estimate of drug-likeness (QED) is 0.846. The average Bonchev–Trinajstić information content (AvgIpc) is 2.83. The van der Waals surface area contributed by atoms with Gasteiger partial charge in [0.1, 0.15) is 11.9 Å². The lowest BCUT2D eigenvalue weighted by Crippen LogP contribution is -2.33. The van der Waals surface area contributed by atoms with Crippen LogP contribution in [0.25, 0.3) is 0 Å². The van der Waals surface area contributed by atoms with Crippen LogP contribution in [-0.4, -0.2) is 25.9 Å². The van der Waals surface area contributed by atoms with Gasteiger partial charge in [-0.3, -0.25) is 0 Å². The van der Waals surface area contributed by atoms with Gasteiger partial charge in [-0.05, 0) is 37.1 Å². The Morgan fingerprint density at radius 2 is 2.19 bits per heavy atom. The van der Waals surface area contributed by atoms with E-state index in [0.717, 1.165) is 30.7 Å². The molecule has 1 fully saturated rings. The van der Waals surface area contributed by atoms with Gasteiger partial charge in [-0.25, -0.2) is 4.39 Å². The first kappa shape index (κ1) is 11.4. The highest BCUT2D eigenvalue weighted by atomic mass is 19.1. The second-order valence-corrected chi connectivity index (χ2v) is 4.27. The highest BCUT2D eigenvalue weighted by molar-refractivity contribution is 5.27. The van der Waals surface area contributed by atoms with Crippen LogP contribution in [0.1, 0.15) is 18.4 Å². The molecule has 1 aliphatic rings. The molecule has 2 rings (SSSR count). The molecular formula is C13H18FNO. The summed E-state index contributed by atoms with van der Waals surface area (Å²) >= 11 is 0. The monoisotopic (exact) mass is 223 g/mol. The van der Waals surface area contributed by atoms with Crippen LogP contribution in [0.5, 0.6) is 5.75 Å². The van der Waals surface area contributed by atoms with Gasteiger partial charge < -0.3 is 10.1 Å². The summed E-state index contributed by atoms with van der Waals surface area (Å²) in [5.74, 6) is 0.818. The number of nitrogens with one attached hydrogen (secondary N) is 1. The molecule has 1 heterocycles. The lowest BCUT2D eigenvalue weighted by atomic mass is 10.0. The number of halogens is 1. The Labute approximate surface area is 95.8 Å². The maximum atomic E-state index is 13.9. The van der Waals surface area contributed by atoms with Gasteiger partial charge in [-0.15, -0.1) is 0 Å². The highest BCUT2D eigenvalue weighted by Gasteiger charge is 2.24. The summed E-state index contributed by atoms with van der Waals surface area (Å²) in [5, 5.41) is 3.20. The van der Waals surface area contributed by atoms with Crippen molar-refractivity contribution in [3.8, 4) is 5.75 Å². The largest absolute Gasteiger partial charge is 0.497 e. The SMILES string of the molecule is COc1ccc(CC(F)C2CCCN2)cc1. The fourth-order valence-corrected chi connectivity index (χ4v) is 2.15. The zero-order valence-corrected chi connectivity index (χ0v) is 9.58. The van der Waals surface area contributed by atoms with Crippen LogP contribution in [0, 0.1) is 0 Å². The first-order valence-electron chi connectivity index (χ1n) is 5.80. The van der Waals surface area contributed by atoms with Crippen LogP contribution in [0.3, 0.4) is 0 Å². The summed E-state index contributed by atoms with van der Waals surface area (Å²) in [5.41, 5.74) is 1.03. The second kappa shape index (κ2) is 5.30. The predicted molar refractivity (Wildman–Crippen MR) is 62.6 cm³/mol. The van der Waals surface area contributed by atoms with E-state index in [2.05, 4.69) is 5.32 Å². The van der Waals surface area contributed by atoms with Crippen molar-refractivity contribution in [3.63, 3.8) is 0 Å². The van der Waals surface area contributed by atoms with E-state index in [9.17, 15) is 4.39 Å². The zero-order valence-electron chi connectivity index (χ0n) is 9.58. The van der Waals surface area contributed by atoms with E-state index in [1.54, 1.807) is 7.11 Å². The van der Waals surface area contributed by atoms with E-state index < -0.39 is 6.17 Å². The molecule has 2 atom stereocenters. The summed E-state index contributed by atoms with van der Waals surface area (Å²) in [4.78, 5) is 0. The molecule has 1 aliphatic heterocycles. The van der Waals surface area contributed by atoms with Crippen LogP contribution < -0.4 is 10.1 Å². The van der Waals surface area contributed by atoms with Gasteiger partial charge in [0.15, 0.2) is 0 Å². The smallest absolute Gasteiger partial charge is 0.119 e. The molecule has 3 heteroatoms. The van der Waals surface area contributed by atoms with Gasteiger partial charge in [0.2, 0.25) is 0 Å². The van der Waals surface area contributed by atoms with Crippen molar-refractivity contribution in [1.29, 1.82) is 0 Å².